The van der Waals surface area contributed by atoms with Gasteiger partial charge in [-0.3, -0.25) is 11.3 Å². The molecule has 1 atom stereocenters. The van der Waals surface area contributed by atoms with Crippen LogP contribution in [0.2, 0.25) is 0 Å². The number of aromatic nitrogens is 1. The van der Waals surface area contributed by atoms with Gasteiger partial charge in [-0.1, -0.05) is 36.4 Å². The Balaban J connectivity index is 2.04. The quantitative estimate of drug-likeness (QED) is 0.545. The van der Waals surface area contributed by atoms with Crippen molar-refractivity contribution in [1.82, 2.24) is 10.4 Å². The number of hydrazine groups is 1. The van der Waals surface area contributed by atoms with Crippen LogP contribution in [0.4, 0.5) is 5.82 Å². The van der Waals surface area contributed by atoms with Gasteiger partial charge in [-0.05, 0) is 30.0 Å². The lowest BCUT2D eigenvalue weighted by molar-refractivity contribution is 0.522. The molecule has 18 heavy (non-hydrogen) atoms. The van der Waals surface area contributed by atoms with Crippen LogP contribution < -0.4 is 17.0 Å². The molecule has 0 saturated heterocycles. The van der Waals surface area contributed by atoms with E-state index < -0.39 is 0 Å². The molecule has 4 heteroatoms. The monoisotopic (exact) mass is 242 g/mol. The van der Waals surface area contributed by atoms with E-state index in [1.807, 2.05) is 30.3 Å². The molecule has 4 nitrogen and oxygen atoms in total. The van der Waals surface area contributed by atoms with E-state index in [9.17, 15) is 0 Å². The highest BCUT2D eigenvalue weighted by atomic mass is 15.2. The van der Waals surface area contributed by atoms with E-state index in [1.165, 1.54) is 5.56 Å². The molecule has 0 aliphatic heterocycles. The van der Waals surface area contributed by atoms with Gasteiger partial charge in [-0.2, -0.15) is 0 Å². The molecule has 0 aliphatic rings. The maximum atomic E-state index is 5.84. The van der Waals surface area contributed by atoms with Gasteiger partial charge < -0.3 is 5.73 Å². The SMILES string of the molecule is NNC(Cc1ccccc1)Cc1cccnc1N. The molecule has 0 radical (unpaired) electrons. The van der Waals surface area contributed by atoms with Crippen LogP contribution in [0, 0.1) is 0 Å². The molecular weight excluding hydrogens is 224 g/mol. The number of hydrogen-bond donors (Lipinski definition) is 3. The molecule has 94 valence electrons. The Hall–Kier alpha value is -1.91. The maximum Gasteiger partial charge on any atom is 0.126 e. The fraction of sp³-hybridized carbons (Fsp3) is 0.214. The molecule has 0 spiro atoms. The number of rotatable bonds is 5. The van der Waals surface area contributed by atoms with E-state index >= 15 is 0 Å². The predicted octanol–water partition coefficient (Wildman–Crippen LogP) is 1.28. The second kappa shape index (κ2) is 6.14. The minimum atomic E-state index is 0.152. The molecule has 5 N–H and O–H groups in total. The average Bonchev–Trinajstić information content (AvgIpc) is 2.41. The molecule has 2 rings (SSSR count). The normalized spacial score (nSPS) is 12.3. The summed E-state index contributed by atoms with van der Waals surface area (Å²) in [6, 6.07) is 14.3. The van der Waals surface area contributed by atoms with Gasteiger partial charge >= 0.3 is 0 Å². The van der Waals surface area contributed by atoms with Gasteiger partial charge in [0.15, 0.2) is 0 Å². The van der Waals surface area contributed by atoms with Crippen LogP contribution in [0.25, 0.3) is 0 Å². The number of benzene rings is 1. The van der Waals surface area contributed by atoms with E-state index in [2.05, 4.69) is 22.5 Å². The van der Waals surface area contributed by atoms with Gasteiger partial charge in [0, 0.05) is 12.2 Å². The first-order chi connectivity index (χ1) is 8.79. The molecule has 0 fully saturated rings. The second-order valence-corrected chi connectivity index (χ2v) is 4.31. The summed E-state index contributed by atoms with van der Waals surface area (Å²) in [6.45, 7) is 0. The summed E-state index contributed by atoms with van der Waals surface area (Å²) >= 11 is 0. The van der Waals surface area contributed by atoms with Crippen molar-refractivity contribution in [2.75, 3.05) is 5.73 Å². The van der Waals surface area contributed by atoms with Crippen LogP contribution in [-0.2, 0) is 12.8 Å². The molecule has 0 bridgehead atoms. The highest BCUT2D eigenvalue weighted by Crippen LogP contribution is 2.12. The van der Waals surface area contributed by atoms with Crippen molar-refractivity contribution in [1.29, 1.82) is 0 Å². The van der Waals surface area contributed by atoms with Crippen molar-refractivity contribution in [3.63, 3.8) is 0 Å². The predicted molar refractivity (Wildman–Crippen MR) is 73.6 cm³/mol. The van der Waals surface area contributed by atoms with Crippen LogP contribution in [0.15, 0.2) is 48.7 Å². The van der Waals surface area contributed by atoms with Crippen molar-refractivity contribution >= 4 is 5.82 Å². The Morgan fingerprint density at radius 3 is 2.50 bits per heavy atom. The van der Waals surface area contributed by atoms with Gasteiger partial charge in [0.25, 0.3) is 0 Å². The van der Waals surface area contributed by atoms with Gasteiger partial charge in [0.2, 0.25) is 0 Å². The van der Waals surface area contributed by atoms with Gasteiger partial charge in [0.1, 0.15) is 5.82 Å². The smallest absolute Gasteiger partial charge is 0.126 e. The van der Waals surface area contributed by atoms with Crippen molar-refractivity contribution in [3.8, 4) is 0 Å². The second-order valence-electron chi connectivity index (χ2n) is 4.31. The standard InChI is InChI=1S/C14H18N4/c15-14-12(7-4-8-17-14)10-13(18-16)9-11-5-2-1-3-6-11/h1-8,13,18H,9-10,16H2,(H2,15,17). The third kappa shape index (κ3) is 3.29. The van der Waals surface area contributed by atoms with Gasteiger partial charge in [-0.15, -0.1) is 0 Å². The van der Waals surface area contributed by atoms with E-state index in [-0.39, 0.29) is 6.04 Å². The lowest BCUT2D eigenvalue weighted by Crippen LogP contribution is -2.38. The first-order valence-electron chi connectivity index (χ1n) is 5.99. The van der Waals surface area contributed by atoms with Crippen molar-refractivity contribution < 1.29 is 0 Å². The van der Waals surface area contributed by atoms with E-state index in [1.54, 1.807) is 6.20 Å². The van der Waals surface area contributed by atoms with Crippen LogP contribution in [-0.4, -0.2) is 11.0 Å². The van der Waals surface area contributed by atoms with Crippen LogP contribution in [0.1, 0.15) is 11.1 Å². The van der Waals surface area contributed by atoms with Crippen LogP contribution in [0.3, 0.4) is 0 Å². The summed E-state index contributed by atoms with van der Waals surface area (Å²) in [6.07, 6.45) is 3.33. The lowest BCUT2D eigenvalue weighted by Gasteiger charge is -2.16. The molecule has 0 amide bonds. The summed E-state index contributed by atoms with van der Waals surface area (Å²) in [5.41, 5.74) is 11.0. The Morgan fingerprint density at radius 1 is 1.06 bits per heavy atom. The largest absolute Gasteiger partial charge is 0.383 e. The minimum Gasteiger partial charge on any atom is -0.383 e. The lowest BCUT2D eigenvalue weighted by atomic mass is 10.00. The molecular formula is C14H18N4. The highest BCUT2D eigenvalue weighted by molar-refractivity contribution is 5.39. The van der Waals surface area contributed by atoms with Crippen LogP contribution in [0.5, 0.6) is 0 Å². The molecule has 2 aromatic rings. The zero-order valence-electron chi connectivity index (χ0n) is 10.2. The average molecular weight is 242 g/mol. The number of pyridine rings is 1. The Bertz CT molecular complexity index is 484. The van der Waals surface area contributed by atoms with E-state index in [4.69, 9.17) is 11.6 Å². The third-order valence-electron chi connectivity index (χ3n) is 2.95. The molecule has 1 heterocycles. The van der Waals surface area contributed by atoms with Crippen molar-refractivity contribution in [2.45, 2.75) is 18.9 Å². The summed E-state index contributed by atoms with van der Waals surface area (Å²) < 4.78 is 0. The Labute approximate surface area is 107 Å². The maximum absolute atomic E-state index is 5.84. The van der Waals surface area contributed by atoms with Crippen molar-refractivity contribution in [2.24, 2.45) is 5.84 Å². The fourth-order valence-electron chi connectivity index (χ4n) is 1.98. The summed E-state index contributed by atoms with van der Waals surface area (Å²) in [4.78, 5) is 4.08. The Kier molecular flexibility index (Phi) is 4.28. The first-order valence-corrected chi connectivity index (χ1v) is 5.99. The first kappa shape index (κ1) is 12.5. The number of anilines is 1. The number of nitrogens with two attached hydrogens (primary N) is 2. The summed E-state index contributed by atoms with van der Waals surface area (Å²) in [7, 11) is 0. The number of nitrogen functional groups attached to an aromatic ring is 1. The summed E-state index contributed by atoms with van der Waals surface area (Å²) in [5, 5.41) is 0. The zero-order chi connectivity index (χ0) is 12.8. The zero-order valence-corrected chi connectivity index (χ0v) is 10.2. The highest BCUT2D eigenvalue weighted by Gasteiger charge is 2.10. The molecule has 1 unspecified atom stereocenters. The number of hydrogen-bond acceptors (Lipinski definition) is 4. The number of nitrogens with one attached hydrogen (secondary N) is 1. The minimum absolute atomic E-state index is 0.152. The third-order valence-corrected chi connectivity index (χ3v) is 2.95. The fourth-order valence-corrected chi connectivity index (χ4v) is 1.98. The van der Waals surface area contributed by atoms with Gasteiger partial charge in [0.05, 0.1) is 0 Å². The van der Waals surface area contributed by atoms with Gasteiger partial charge in [-0.25, -0.2) is 4.98 Å². The van der Waals surface area contributed by atoms with E-state index in [0.29, 0.717) is 5.82 Å². The van der Waals surface area contributed by atoms with Crippen LogP contribution >= 0.6 is 0 Å². The van der Waals surface area contributed by atoms with E-state index in [0.717, 1.165) is 18.4 Å². The molecule has 1 aromatic heterocycles. The number of nitrogens with zero attached hydrogens (tertiary/aromatic N) is 1. The Morgan fingerprint density at radius 2 is 1.83 bits per heavy atom. The summed E-state index contributed by atoms with van der Waals surface area (Å²) in [5.74, 6) is 6.18. The molecule has 0 aliphatic carbocycles. The topological polar surface area (TPSA) is 77.0 Å². The molecule has 0 saturated carbocycles. The molecule has 1 aromatic carbocycles. The van der Waals surface area contributed by atoms with Crippen molar-refractivity contribution in [3.05, 3.63) is 59.8 Å².